The third-order valence-electron chi connectivity index (χ3n) is 2.78. The van der Waals surface area contributed by atoms with E-state index in [2.05, 4.69) is 41.6 Å². The van der Waals surface area contributed by atoms with Crippen LogP contribution in [0, 0.1) is 10.5 Å². The van der Waals surface area contributed by atoms with E-state index in [1.165, 1.54) is 14.7 Å². The summed E-state index contributed by atoms with van der Waals surface area (Å²) in [6.07, 6.45) is 3.37. The van der Waals surface area contributed by atoms with Gasteiger partial charge in [0.1, 0.15) is 0 Å². The summed E-state index contributed by atoms with van der Waals surface area (Å²) in [4.78, 5) is 0. The number of benzene rings is 1. The maximum Gasteiger partial charge on any atom is 0.0194 e. The van der Waals surface area contributed by atoms with Crippen molar-refractivity contribution in [3.8, 4) is 0 Å². The fraction of sp³-hybridized carbons (Fsp3) is 0.455. The van der Waals surface area contributed by atoms with Crippen LogP contribution >= 0.6 is 22.6 Å². The molecule has 0 fully saturated rings. The summed E-state index contributed by atoms with van der Waals surface area (Å²) in [6, 6.07) is 4.83. The molecule has 0 unspecified atom stereocenters. The molecule has 2 rings (SSSR count). The highest BCUT2D eigenvalue weighted by Gasteiger charge is 2.17. The van der Waals surface area contributed by atoms with Crippen LogP contribution in [0.3, 0.4) is 0 Å². The van der Waals surface area contributed by atoms with Crippen molar-refractivity contribution in [2.45, 2.75) is 32.2 Å². The zero-order valence-electron chi connectivity index (χ0n) is 7.81. The van der Waals surface area contributed by atoms with Crippen molar-refractivity contribution < 1.29 is 0 Å². The van der Waals surface area contributed by atoms with Gasteiger partial charge in [0.2, 0.25) is 0 Å². The van der Waals surface area contributed by atoms with Crippen LogP contribution in [0.15, 0.2) is 12.1 Å². The first-order valence-electron chi connectivity index (χ1n) is 4.71. The van der Waals surface area contributed by atoms with Crippen LogP contribution in [0.1, 0.15) is 23.1 Å². The Morgan fingerprint density at radius 3 is 3.00 bits per heavy atom. The molecular weight excluding hydrogens is 273 g/mol. The summed E-state index contributed by atoms with van der Waals surface area (Å²) < 4.78 is 1.45. The molecule has 1 aliphatic rings. The maximum atomic E-state index is 5.94. The maximum absolute atomic E-state index is 5.94. The standard InChI is InChI=1S/C11H14IN/c1-7-2-3-8-6-9(13)4-5-10(8)11(7)12/h2-3,9H,4-6,13H2,1H3/t9-/m1/s1. The fourth-order valence-electron chi connectivity index (χ4n) is 1.95. The lowest BCUT2D eigenvalue weighted by Gasteiger charge is -2.23. The van der Waals surface area contributed by atoms with Gasteiger partial charge in [-0.15, -0.1) is 0 Å². The second-order valence-electron chi connectivity index (χ2n) is 3.84. The largest absolute Gasteiger partial charge is 0.327 e. The van der Waals surface area contributed by atoms with Crippen molar-refractivity contribution in [3.05, 3.63) is 32.4 Å². The molecule has 1 aromatic rings. The van der Waals surface area contributed by atoms with Gasteiger partial charge in [0.25, 0.3) is 0 Å². The summed E-state index contributed by atoms with van der Waals surface area (Å²) in [5, 5.41) is 0. The average Bonchev–Trinajstić information content (AvgIpc) is 2.12. The van der Waals surface area contributed by atoms with Crippen LogP contribution < -0.4 is 5.73 Å². The molecule has 0 aromatic heterocycles. The molecule has 1 nitrogen and oxygen atoms in total. The molecule has 70 valence electrons. The van der Waals surface area contributed by atoms with Crippen LogP contribution in [0.4, 0.5) is 0 Å². The van der Waals surface area contributed by atoms with E-state index in [-0.39, 0.29) is 0 Å². The van der Waals surface area contributed by atoms with Gasteiger partial charge in [-0.05, 0) is 65.5 Å². The third-order valence-corrected chi connectivity index (χ3v) is 4.28. The summed E-state index contributed by atoms with van der Waals surface area (Å²) in [5.74, 6) is 0. The lowest BCUT2D eigenvalue weighted by molar-refractivity contribution is 0.574. The highest BCUT2D eigenvalue weighted by atomic mass is 127. The first-order chi connectivity index (χ1) is 6.18. The van der Waals surface area contributed by atoms with Crippen molar-refractivity contribution in [2.75, 3.05) is 0 Å². The lowest BCUT2D eigenvalue weighted by atomic mass is 9.88. The van der Waals surface area contributed by atoms with Gasteiger partial charge >= 0.3 is 0 Å². The lowest BCUT2D eigenvalue weighted by Crippen LogP contribution is -2.28. The molecule has 2 N–H and O–H groups in total. The van der Waals surface area contributed by atoms with Crippen molar-refractivity contribution in [1.29, 1.82) is 0 Å². The van der Waals surface area contributed by atoms with Gasteiger partial charge < -0.3 is 5.73 Å². The second-order valence-corrected chi connectivity index (χ2v) is 4.92. The molecule has 1 atom stereocenters. The molecule has 0 saturated heterocycles. The van der Waals surface area contributed by atoms with E-state index in [0.29, 0.717) is 6.04 Å². The van der Waals surface area contributed by atoms with E-state index in [1.807, 2.05) is 0 Å². The molecule has 0 saturated carbocycles. The number of nitrogens with two attached hydrogens (primary N) is 1. The first kappa shape index (κ1) is 9.46. The number of fused-ring (bicyclic) bond motifs is 1. The molecule has 0 spiro atoms. The normalized spacial score (nSPS) is 21.3. The van der Waals surface area contributed by atoms with Gasteiger partial charge in [-0.3, -0.25) is 0 Å². The van der Waals surface area contributed by atoms with Crippen molar-refractivity contribution in [2.24, 2.45) is 5.73 Å². The average molecular weight is 287 g/mol. The smallest absolute Gasteiger partial charge is 0.0194 e. The van der Waals surface area contributed by atoms with Crippen LogP contribution in [0.5, 0.6) is 0 Å². The molecular formula is C11H14IN. The van der Waals surface area contributed by atoms with E-state index in [4.69, 9.17) is 5.73 Å². The molecule has 0 heterocycles. The third kappa shape index (κ3) is 1.74. The predicted molar refractivity (Wildman–Crippen MR) is 63.9 cm³/mol. The Hall–Kier alpha value is -0.0900. The Bertz CT molecular complexity index is 333. The van der Waals surface area contributed by atoms with Gasteiger partial charge in [0, 0.05) is 9.61 Å². The van der Waals surface area contributed by atoms with Crippen LogP contribution in [-0.2, 0) is 12.8 Å². The first-order valence-corrected chi connectivity index (χ1v) is 5.79. The minimum absolute atomic E-state index is 0.381. The van der Waals surface area contributed by atoms with Crippen LogP contribution in [0.2, 0.25) is 0 Å². The summed E-state index contributed by atoms with van der Waals surface area (Å²) in [7, 11) is 0. The van der Waals surface area contributed by atoms with Crippen molar-refractivity contribution in [1.82, 2.24) is 0 Å². The Morgan fingerprint density at radius 2 is 2.23 bits per heavy atom. The molecule has 0 amide bonds. The Kier molecular flexibility index (Phi) is 2.60. The van der Waals surface area contributed by atoms with E-state index < -0.39 is 0 Å². The zero-order valence-corrected chi connectivity index (χ0v) is 9.97. The van der Waals surface area contributed by atoms with E-state index >= 15 is 0 Å². The fourth-order valence-corrected chi connectivity index (χ4v) is 2.75. The number of aryl methyl sites for hydroxylation is 1. The SMILES string of the molecule is Cc1ccc2c(c1I)CC[C@@H](N)C2. The molecule has 0 aliphatic heterocycles. The van der Waals surface area contributed by atoms with E-state index in [0.717, 1.165) is 19.3 Å². The predicted octanol–water partition coefficient (Wildman–Crippen LogP) is 2.42. The van der Waals surface area contributed by atoms with Crippen LogP contribution in [-0.4, -0.2) is 6.04 Å². The van der Waals surface area contributed by atoms with Crippen molar-refractivity contribution in [3.63, 3.8) is 0 Å². The van der Waals surface area contributed by atoms with Gasteiger partial charge in [0.05, 0.1) is 0 Å². The van der Waals surface area contributed by atoms with Gasteiger partial charge in [-0.2, -0.15) is 0 Å². The van der Waals surface area contributed by atoms with Crippen LogP contribution in [0.25, 0.3) is 0 Å². The van der Waals surface area contributed by atoms with Gasteiger partial charge in [0.15, 0.2) is 0 Å². The number of hydrogen-bond acceptors (Lipinski definition) is 1. The second kappa shape index (κ2) is 3.58. The van der Waals surface area contributed by atoms with Crippen molar-refractivity contribution >= 4 is 22.6 Å². The Labute approximate surface area is 92.9 Å². The minimum atomic E-state index is 0.381. The number of hydrogen-bond donors (Lipinski definition) is 1. The quantitative estimate of drug-likeness (QED) is 0.729. The molecule has 1 aliphatic carbocycles. The Balaban J connectivity index is 2.47. The topological polar surface area (TPSA) is 26.0 Å². The molecule has 1 aromatic carbocycles. The number of rotatable bonds is 0. The molecule has 0 radical (unpaired) electrons. The summed E-state index contributed by atoms with van der Waals surface area (Å²) in [6.45, 7) is 2.18. The zero-order chi connectivity index (χ0) is 9.42. The monoisotopic (exact) mass is 287 g/mol. The summed E-state index contributed by atoms with van der Waals surface area (Å²) >= 11 is 2.45. The van der Waals surface area contributed by atoms with Gasteiger partial charge in [-0.1, -0.05) is 12.1 Å². The van der Waals surface area contributed by atoms with E-state index in [9.17, 15) is 0 Å². The van der Waals surface area contributed by atoms with E-state index in [1.54, 1.807) is 5.56 Å². The highest BCUT2D eigenvalue weighted by Crippen LogP contribution is 2.27. The number of halogens is 1. The van der Waals surface area contributed by atoms with Gasteiger partial charge in [-0.25, -0.2) is 0 Å². The molecule has 13 heavy (non-hydrogen) atoms. The summed E-state index contributed by atoms with van der Waals surface area (Å²) in [5.41, 5.74) is 10.3. The Morgan fingerprint density at radius 1 is 1.46 bits per heavy atom. The molecule has 2 heteroatoms. The molecule has 0 bridgehead atoms. The minimum Gasteiger partial charge on any atom is -0.327 e. The highest BCUT2D eigenvalue weighted by molar-refractivity contribution is 14.1.